The summed E-state index contributed by atoms with van der Waals surface area (Å²) in [6, 6.07) is 3.76. The average molecular weight is 261 g/mol. The molecule has 19 heavy (non-hydrogen) atoms. The Morgan fingerprint density at radius 2 is 2.21 bits per heavy atom. The van der Waals surface area contributed by atoms with Gasteiger partial charge in [-0.2, -0.15) is 0 Å². The van der Waals surface area contributed by atoms with Crippen molar-refractivity contribution in [1.29, 1.82) is 0 Å². The normalized spacial score (nSPS) is 27.3. The van der Waals surface area contributed by atoms with Gasteiger partial charge in [-0.3, -0.25) is 14.5 Å². The first-order valence-electron chi connectivity index (χ1n) is 6.89. The maximum absolute atomic E-state index is 12.5. The van der Waals surface area contributed by atoms with Crippen LogP contribution in [-0.2, 0) is 0 Å². The monoisotopic (exact) mass is 261 g/mol. The van der Waals surface area contributed by atoms with Gasteiger partial charge in [0.25, 0.3) is 5.91 Å². The van der Waals surface area contributed by atoms with E-state index >= 15 is 0 Å². The third kappa shape index (κ3) is 2.30. The van der Waals surface area contributed by atoms with E-state index in [4.69, 9.17) is 0 Å². The summed E-state index contributed by atoms with van der Waals surface area (Å²) in [5.74, 6) is 0.0234. The number of carbonyl (C=O) groups is 1. The molecule has 0 bridgehead atoms. The fourth-order valence-electron chi connectivity index (χ4n) is 3.18. The van der Waals surface area contributed by atoms with Crippen LogP contribution in [0, 0.1) is 0 Å². The first-order valence-corrected chi connectivity index (χ1v) is 6.89. The number of rotatable bonds is 1. The molecule has 5 heteroatoms. The molecule has 1 amide bonds. The van der Waals surface area contributed by atoms with Gasteiger partial charge in [0.1, 0.15) is 0 Å². The minimum Gasteiger partial charge on any atom is -0.333 e. The van der Waals surface area contributed by atoms with Gasteiger partial charge in [0, 0.05) is 37.4 Å². The highest BCUT2D eigenvalue weighted by Crippen LogP contribution is 2.25. The van der Waals surface area contributed by atoms with Gasteiger partial charge >= 0.3 is 0 Å². The molecule has 1 N–H and O–H groups in total. The highest BCUT2D eigenvalue weighted by Gasteiger charge is 2.36. The number of pyridine rings is 1. The number of nitrogens with zero attached hydrogens (tertiary/aromatic N) is 2. The number of amides is 1. The van der Waals surface area contributed by atoms with Crippen LogP contribution in [0.25, 0.3) is 0 Å². The summed E-state index contributed by atoms with van der Waals surface area (Å²) in [6.45, 7) is 5.02. The lowest BCUT2D eigenvalue weighted by molar-refractivity contribution is 0.0395. The van der Waals surface area contributed by atoms with Gasteiger partial charge in [-0.05, 0) is 32.4 Å². The molecule has 2 unspecified atom stereocenters. The van der Waals surface area contributed by atoms with E-state index in [0.717, 1.165) is 19.6 Å². The summed E-state index contributed by atoms with van der Waals surface area (Å²) in [6.07, 6.45) is 3.93. The van der Waals surface area contributed by atoms with Crippen LogP contribution >= 0.6 is 0 Å². The molecule has 0 aliphatic carbocycles. The number of aromatic amines is 1. The van der Waals surface area contributed by atoms with Crippen LogP contribution in [0.1, 0.15) is 30.1 Å². The van der Waals surface area contributed by atoms with E-state index in [1.807, 2.05) is 4.90 Å². The Bertz CT molecular complexity index is 519. The smallest absolute Gasteiger partial charge is 0.255 e. The van der Waals surface area contributed by atoms with Gasteiger partial charge in [-0.1, -0.05) is 0 Å². The zero-order chi connectivity index (χ0) is 13.4. The van der Waals surface area contributed by atoms with E-state index in [0.29, 0.717) is 11.6 Å². The Kier molecular flexibility index (Phi) is 3.14. The Morgan fingerprint density at radius 1 is 1.37 bits per heavy atom. The highest BCUT2D eigenvalue weighted by molar-refractivity contribution is 5.94. The second kappa shape index (κ2) is 4.81. The number of piperazine rings is 1. The molecular weight excluding hydrogens is 242 g/mol. The standard InChI is InChI=1S/C14H19N3O2/c1-10-8-16-6-2-3-12(16)9-17(10)14(19)11-4-5-13(18)15-7-11/h4-5,7,10,12H,2-3,6,8-9H2,1H3,(H,15,18). The lowest BCUT2D eigenvalue weighted by Gasteiger charge is -2.42. The van der Waals surface area contributed by atoms with Gasteiger partial charge in [-0.15, -0.1) is 0 Å². The summed E-state index contributed by atoms with van der Waals surface area (Å²) < 4.78 is 0. The fourth-order valence-corrected chi connectivity index (χ4v) is 3.18. The van der Waals surface area contributed by atoms with Crippen LogP contribution in [0.3, 0.4) is 0 Å². The van der Waals surface area contributed by atoms with Crippen molar-refractivity contribution in [2.75, 3.05) is 19.6 Å². The molecule has 0 saturated carbocycles. The number of carbonyl (C=O) groups excluding carboxylic acids is 1. The molecule has 2 atom stereocenters. The molecule has 2 aliphatic heterocycles. The number of hydrogen-bond donors (Lipinski definition) is 1. The zero-order valence-corrected chi connectivity index (χ0v) is 11.1. The molecule has 3 rings (SSSR count). The number of fused-ring (bicyclic) bond motifs is 1. The largest absolute Gasteiger partial charge is 0.333 e. The molecule has 1 aromatic rings. The van der Waals surface area contributed by atoms with Crippen LogP contribution in [0.2, 0.25) is 0 Å². The Labute approximate surface area is 112 Å². The molecule has 2 fully saturated rings. The van der Waals surface area contributed by atoms with Crippen LogP contribution < -0.4 is 5.56 Å². The zero-order valence-electron chi connectivity index (χ0n) is 11.1. The van der Waals surface area contributed by atoms with Gasteiger partial charge in [0.2, 0.25) is 5.56 Å². The predicted octanol–water partition coefficient (Wildman–Crippen LogP) is 0.684. The molecule has 3 heterocycles. The molecule has 2 saturated heterocycles. The molecule has 1 aromatic heterocycles. The Hall–Kier alpha value is -1.62. The van der Waals surface area contributed by atoms with E-state index in [1.165, 1.54) is 25.1 Å². The molecule has 0 spiro atoms. The van der Waals surface area contributed by atoms with Gasteiger partial charge in [-0.25, -0.2) is 0 Å². The quantitative estimate of drug-likeness (QED) is 0.809. The van der Waals surface area contributed by atoms with Crippen molar-refractivity contribution in [1.82, 2.24) is 14.8 Å². The van der Waals surface area contributed by atoms with Crippen molar-refractivity contribution >= 4 is 5.91 Å². The summed E-state index contributed by atoms with van der Waals surface area (Å²) in [5.41, 5.74) is 0.392. The number of nitrogens with one attached hydrogen (secondary N) is 1. The highest BCUT2D eigenvalue weighted by atomic mass is 16.2. The van der Waals surface area contributed by atoms with E-state index in [1.54, 1.807) is 6.07 Å². The minimum absolute atomic E-state index is 0.0234. The molecule has 0 radical (unpaired) electrons. The predicted molar refractivity (Wildman–Crippen MR) is 72.2 cm³/mol. The Morgan fingerprint density at radius 3 is 2.95 bits per heavy atom. The van der Waals surface area contributed by atoms with Crippen molar-refractivity contribution in [2.45, 2.75) is 31.8 Å². The summed E-state index contributed by atoms with van der Waals surface area (Å²) in [7, 11) is 0. The summed E-state index contributed by atoms with van der Waals surface area (Å²) in [4.78, 5) is 30.5. The summed E-state index contributed by atoms with van der Waals surface area (Å²) >= 11 is 0. The minimum atomic E-state index is -0.176. The lowest BCUT2D eigenvalue weighted by atomic mass is 10.1. The van der Waals surface area contributed by atoms with Crippen LogP contribution in [0.5, 0.6) is 0 Å². The molecule has 0 aromatic carbocycles. The van der Waals surface area contributed by atoms with Crippen molar-refractivity contribution in [3.05, 3.63) is 34.2 Å². The van der Waals surface area contributed by atoms with Crippen LogP contribution in [0.4, 0.5) is 0 Å². The van der Waals surface area contributed by atoms with Crippen molar-refractivity contribution < 1.29 is 4.79 Å². The van der Waals surface area contributed by atoms with Gasteiger partial charge in [0.05, 0.1) is 5.56 Å². The fraction of sp³-hybridized carbons (Fsp3) is 0.571. The van der Waals surface area contributed by atoms with Crippen molar-refractivity contribution in [3.8, 4) is 0 Å². The second-order valence-corrected chi connectivity index (χ2v) is 5.54. The first kappa shape index (κ1) is 12.4. The van der Waals surface area contributed by atoms with E-state index in [9.17, 15) is 9.59 Å². The number of H-pyrrole nitrogens is 1. The third-order valence-electron chi connectivity index (χ3n) is 4.23. The van der Waals surface area contributed by atoms with Crippen molar-refractivity contribution in [3.63, 3.8) is 0 Å². The van der Waals surface area contributed by atoms with Crippen LogP contribution in [-0.4, -0.2) is 52.4 Å². The number of aromatic nitrogens is 1. The molecular formula is C14H19N3O2. The Balaban J connectivity index is 1.79. The maximum Gasteiger partial charge on any atom is 0.255 e. The van der Waals surface area contributed by atoms with Crippen LogP contribution in [0.15, 0.2) is 23.1 Å². The van der Waals surface area contributed by atoms with E-state index < -0.39 is 0 Å². The van der Waals surface area contributed by atoms with Gasteiger partial charge < -0.3 is 9.88 Å². The number of hydrogen-bond acceptors (Lipinski definition) is 3. The lowest BCUT2D eigenvalue weighted by Crippen LogP contribution is -2.56. The second-order valence-electron chi connectivity index (χ2n) is 5.54. The maximum atomic E-state index is 12.5. The van der Waals surface area contributed by atoms with Gasteiger partial charge in [0.15, 0.2) is 0 Å². The summed E-state index contributed by atoms with van der Waals surface area (Å²) in [5, 5.41) is 0. The molecule has 102 valence electrons. The third-order valence-corrected chi connectivity index (χ3v) is 4.23. The SMILES string of the molecule is CC1CN2CCCC2CN1C(=O)c1ccc(=O)[nH]c1. The van der Waals surface area contributed by atoms with E-state index in [-0.39, 0.29) is 17.5 Å². The van der Waals surface area contributed by atoms with E-state index in [2.05, 4.69) is 16.8 Å². The topological polar surface area (TPSA) is 56.4 Å². The molecule has 5 nitrogen and oxygen atoms in total. The average Bonchev–Trinajstić information content (AvgIpc) is 2.85. The van der Waals surface area contributed by atoms with Crippen molar-refractivity contribution in [2.24, 2.45) is 0 Å². The molecule has 2 aliphatic rings. The first-order chi connectivity index (χ1) is 9.15.